The largest absolute Gasteiger partial charge is 0.493 e. The molecule has 1 atom stereocenters. The maximum atomic E-state index is 13.9. The molecule has 0 aliphatic carbocycles. The van der Waals surface area contributed by atoms with Gasteiger partial charge in [0.2, 0.25) is 11.5 Å². The van der Waals surface area contributed by atoms with Crippen LogP contribution in [0.2, 0.25) is 0 Å². The van der Waals surface area contributed by atoms with Crippen LogP contribution < -0.4 is 24.5 Å². The van der Waals surface area contributed by atoms with Gasteiger partial charge in [0.1, 0.15) is 11.4 Å². The molecule has 0 saturated heterocycles. The number of nitrogens with zero attached hydrogens (tertiary/aromatic N) is 2. The first-order chi connectivity index (χ1) is 17.3. The molecule has 184 valence electrons. The summed E-state index contributed by atoms with van der Waals surface area (Å²) in [5.41, 5.74) is 3.81. The zero-order chi connectivity index (χ0) is 25.7. The molecule has 4 aromatic rings. The number of aromatic nitrogens is 1. The Balaban J connectivity index is 1.85. The Labute approximate surface area is 208 Å². The third kappa shape index (κ3) is 3.48. The lowest BCUT2D eigenvalue weighted by Gasteiger charge is -2.25. The Hall–Kier alpha value is -4.33. The lowest BCUT2D eigenvalue weighted by Crippen LogP contribution is -2.30. The lowest BCUT2D eigenvalue weighted by molar-refractivity contribution is 0.0970. The second kappa shape index (κ2) is 8.71. The molecule has 0 saturated carbocycles. The average Bonchev–Trinajstić information content (AvgIpc) is 3.17. The van der Waals surface area contributed by atoms with Gasteiger partial charge in [0.15, 0.2) is 16.9 Å². The minimum absolute atomic E-state index is 0.00289. The van der Waals surface area contributed by atoms with Crippen molar-refractivity contribution in [2.24, 2.45) is 0 Å². The minimum atomic E-state index is -0.821. The maximum absolute atomic E-state index is 13.9. The molecule has 0 spiro atoms. The van der Waals surface area contributed by atoms with Gasteiger partial charge < -0.3 is 18.6 Å². The second-order valence-electron chi connectivity index (χ2n) is 8.84. The fraction of sp³-hybridized carbons (Fsp3) is 0.250. The van der Waals surface area contributed by atoms with Gasteiger partial charge >= 0.3 is 0 Å². The zero-order valence-corrected chi connectivity index (χ0v) is 21.0. The summed E-state index contributed by atoms with van der Waals surface area (Å²) in [5, 5.41) is 0.417. The molecule has 0 radical (unpaired) electrons. The van der Waals surface area contributed by atoms with Crippen molar-refractivity contribution in [1.82, 2.24) is 4.98 Å². The highest BCUT2D eigenvalue weighted by molar-refractivity contribution is 6.10. The van der Waals surface area contributed by atoms with E-state index in [1.165, 1.54) is 26.2 Å². The Morgan fingerprint density at radius 2 is 1.56 bits per heavy atom. The fourth-order valence-corrected chi connectivity index (χ4v) is 4.64. The number of carbonyl (C=O) groups is 1. The number of hydrogen-bond acceptors (Lipinski definition) is 7. The predicted molar refractivity (Wildman–Crippen MR) is 136 cm³/mol. The van der Waals surface area contributed by atoms with Gasteiger partial charge in [0.25, 0.3) is 5.91 Å². The van der Waals surface area contributed by atoms with Gasteiger partial charge in [-0.25, -0.2) is 4.98 Å². The molecule has 36 heavy (non-hydrogen) atoms. The molecule has 0 N–H and O–H groups in total. The number of amides is 1. The van der Waals surface area contributed by atoms with Crippen LogP contribution in [-0.4, -0.2) is 32.2 Å². The number of benzene rings is 2. The zero-order valence-electron chi connectivity index (χ0n) is 21.0. The van der Waals surface area contributed by atoms with Crippen LogP contribution in [0.1, 0.15) is 44.4 Å². The van der Waals surface area contributed by atoms with E-state index in [1.54, 1.807) is 36.5 Å². The van der Waals surface area contributed by atoms with Crippen LogP contribution in [0.3, 0.4) is 0 Å². The third-order valence-electron chi connectivity index (χ3n) is 6.63. The van der Waals surface area contributed by atoms with E-state index in [0.29, 0.717) is 39.6 Å². The first-order valence-electron chi connectivity index (χ1n) is 11.4. The van der Waals surface area contributed by atoms with Crippen molar-refractivity contribution in [3.8, 4) is 17.2 Å². The Morgan fingerprint density at radius 3 is 2.14 bits per heavy atom. The van der Waals surface area contributed by atoms with E-state index < -0.39 is 11.9 Å². The van der Waals surface area contributed by atoms with Gasteiger partial charge in [-0.1, -0.05) is 6.07 Å². The van der Waals surface area contributed by atoms with E-state index >= 15 is 0 Å². The normalized spacial score (nSPS) is 14.8. The highest BCUT2D eigenvalue weighted by atomic mass is 16.5. The lowest BCUT2D eigenvalue weighted by atomic mass is 9.96. The molecular weight excluding hydrogens is 460 g/mol. The van der Waals surface area contributed by atoms with Crippen molar-refractivity contribution in [3.63, 3.8) is 0 Å². The molecule has 1 unspecified atom stereocenters. The van der Waals surface area contributed by atoms with Crippen molar-refractivity contribution in [1.29, 1.82) is 0 Å². The molecule has 8 heteroatoms. The summed E-state index contributed by atoms with van der Waals surface area (Å²) in [6.45, 7) is 5.79. The van der Waals surface area contributed by atoms with Crippen LogP contribution in [0, 0.1) is 20.8 Å². The molecule has 0 fully saturated rings. The second-order valence-corrected chi connectivity index (χ2v) is 8.84. The van der Waals surface area contributed by atoms with Gasteiger partial charge in [-0.2, -0.15) is 0 Å². The van der Waals surface area contributed by atoms with Crippen LogP contribution in [-0.2, 0) is 0 Å². The molecule has 5 rings (SSSR count). The van der Waals surface area contributed by atoms with E-state index in [2.05, 4.69) is 4.98 Å². The first kappa shape index (κ1) is 23.4. The molecule has 2 aromatic heterocycles. The highest BCUT2D eigenvalue weighted by Crippen LogP contribution is 2.46. The van der Waals surface area contributed by atoms with Gasteiger partial charge in [0, 0.05) is 6.20 Å². The van der Waals surface area contributed by atoms with Crippen LogP contribution in [0.15, 0.2) is 51.8 Å². The summed E-state index contributed by atoms with van der Waals surface area (Å²) in [5.74, 6) is 1.16. The van der Waals surface area contributed by atoms with Gasteiger partial charge in [-0.05, 0) is 73.4 Å². The Kier molecular flexibility index (Phi) is 5.67. The van der Waals surface area contributed by atoms with Crippen molar-refractivity contribution in [2.75, 3.05) is 26.2 Å². The topological polar surface area (TPSA) is 91.1 Å². The summed E-state index contributed by atoms with van der Waals surface area (Å²) in [4.78, 5) is 33.7. The number of methoxy groups -OCH3 is 3. The summed E-state index contributed by atoms with van der Waals surface area (Å²) >= 11 is 0. The molecule has 2 aromatic carbocycles. The summed E-state index contributed by atoms with van der Waals surface area (Å²) in [7, 11) is 4.55. The molecule has 0 bridgehead atoms. The number of anilines is 1. The number of carbonyl (C=O) groups excluding carboxylic acids is 1. The van der Waals surface area contributed by atoms with E-state index in [1.807, 2.05) is 26.8 Å². The highest BCUT2D eigenvalue weighted by Gasteiger charge is 2.45. The SMILES string of the molecule is COc1cc(C2c3c(oc4cc(C)c(C)cc4c3=O)C(=O)N2c2ccc(C)cn2)cc(OC)c1OC. The summed E-state index contributed by atoms with van der Waals surface area (Å²) in [6.07, 6.45) is 1.68. The molecular formula is C28H26N2O6. The summed E-state index contributed by atoms with van der Waals surface area (Å²) < 4.78 is 22.7. The number of aryl methyl sites for hydroxylation is 3. The van der Waals surface area contributed by atoms with E-state index in [0.717, 1.165) is 16.7 Å². The molecule has 1 amide bonds. The van der Waals surface area contributed by atoms with Crippen LogP contribution >= 0.6 is 0 Å². The number of hydrogen-bond donors (Lipinski definition) is 0. The summed E-state index contributed by atoms with van der Waals surface area (Å²) in [6, 6.07) is 9.87. The van der Waals surface area contributed by atoms with Crippen molar-refractivity contribution in [2.45, 2.75) is 26.8 Å². The quantitative estimate of drug-likeness (QED) is 0.397. The number of fused-ring (bicyclic) bond motifs is 2. The molecule has 8 nitrogen and oxygen atoms in total. The maximum Gasteiger partial charge on any atom is 0.296 e. The van der Waals surface area contributed by atoms with Gasteiger partial charge in [0.05, 0.1) is 38.3 Å². The predicted octanol–water partition coefficient (Wildman–Crippen LogP) is 4.89. The van der Waals surface area contributed by atoms with Crippen molar-refractivity contribution < 1.29 is 23.4 Å². The number of rotatable bonds is 5. The van der Waals surface area contributed by atoms with Crippen LogP contribution in [0.4, 0.5) is 5.82 Å². The van der Waals surface area contributed by atoms with Gasteiger partial charge in [-0.15, -0.1) is 0 Å². The van der Waals surface area contributed by atoms with Crippen LogP contribution in [0.5, 0.6) is 17.2 Å². The van der Waals surface area contributed by atoms with Crippen molar-refractivity contribution in [3.05, 3.63) is 86.4 Å². The third-order valence-corrected chi connectivity index (χ3v) is 6.63. The van der Waals surface area contributed by atoms with E-state index in [9.17, 15) is 9.59 Å². The van der Waals surface area contributed by atoms with Crippen molar-refractivity contribution >= 4 is 22.7 Å². The Bertz CT molecular complexity index is 1550. The standard InChI is InChI=1S/C28H26N2O6/c1-14-7-8-22(29-13-14)30-24(17-11-20(33-4)26(35-6)21(12-17)34-5)23-25(31)18-9-15(2)16(3)10-19(18)36-27(23)28(30)32/h7-13,24H,1-6H3. The minimum Gasteiger partial charge on any atom is -0.493 e. The molecule has 1 aliphatic heterocycles. The van der Waals surface area contributed by atoms with E-state index in [4.69, 9.17) is 18.6 Å². The molecule has 1 aliphatic rings. The molecule has 3 heterocycles. The average molecular weight is 487 g/mol. The van der Waals surface area contributed by atoms with E-state index in [-0.39, 0.29) is 16.8 Å². The Morgan fingerprint density at radius 1 is 0.889 bits per heavy atom. The number of ether oxygens (including phenoxy) is 3. The monoisotopic (exact) mass is 486 g/mol. The first-order valence-corrected chi connectivity index (χ1v) is 11.4. The van der Waals surface area contributed by atoms with Gasteiger partial charge in [-0.3, -0.25) is 14.5 Å². The smallest absolute Gasteiger partial charge is 0.296 e. The fourth-order valence-electron chi connectivity index (χ4n) is 4.64. The van der Waals surface area contributed by atoms with Crippen LogP contribution in [0.25, 0.3) is 11.0 Å². The number of pyridine rings is 1.